The third-order valence-corrected chi connectivity index (χ3v) is 1.03. The van der Waals surface area contributed by atoms with E-state index in [9.17, 15) is 0 Å². The molecule has 2 heteroatoms. The van der Waals surface area contributed by atoms with Crippen LogP contribution in [0.5, 0.6) is 0 Å². The zero-order valence-corrected chi connectivity index (χ0v) is 4.87. The van der Waals surface area contributed by atoms with E-state index in [4.69, 9.17) is 4.74 Å². The van der Waals surface area contributed by atoms with Gasteiger partial charge < -0.3 is 4.74 Å². The first-order valence-electron chi connectivity index (χ1n) is 2.71. The molecule has 1 rings (SSSR count). The fourth-order valence-corrected chi connectivity index (χ4v) is 0.543. The van der Waals surface area contributed by atoms with Crippen LogP contribution in [-0.2, 0) is 4.74 Å². The number of hydrogen-bond acceptors (Lipinski definition) is 2. The van der Waals surface area contributed by atoms with Crippen molar-refractivity contribution in [1.82, 2.24) is 0 Å². The van der Waals surface area contributed by atoms with E-state index in [1.165, 1.54) is 6.40 Å². The van der Waals surface area contributed by atoms with Gasteiger partial charge in [-0.15, -0.1) is 0 Å². The molecule has 0 aromatic rings. The van der Waals surface area contributed by atoms with E-state index in [2.05, 4.69) is 11.9 Å². The summed E-state index contributed by atoms with van der Waals surface area (Å²) in [6.07, 6.45) is 6.09. The first-order chi connectivity index (χ1) is 3.89. The lowest BCUT2D eigenvalue weighted by Gasteiger charge is -1.94. The summed E-state index contributed by atoms with van der Waals surface area (Å²) < 4.78 is 4.79. The van der Waals surface area contributed by atoms with Crippen molar-refractivity contribution >= 4 is 6.40 Å². The maximum Gasteiger partial charge on any atom is 0.175 e. The van der Waals surface area contributed by atoms with Crippen LogP contribution >= 0.6 is 0 Å². The number of rotatable bonds is 0. The highest BCUT2D eigenvalue weighted by Crippen LogP contribution is 1.99. The Morgan fingerprint density at radius 3 is 3.50 bits per heavy atom. The highest BCUT2D eigenvalue weighted by atomic mass is 16.5. The summed E-state index contributed by atoms with van der Waals surface area (Å²) in [5.41, 5.74) is 0. The molecule has 0 saturated carbocycles. The van der Waals surface area contributed by atoms with Gasteiger partial charge in [0.2, 0.25) is 0 Å². The molecule has 1 heterocycles. The molecule has 8 heavy (non-hydrogen) atoms. The zero-order valence-electron chi connectivity index (χ0n) is 4.87. The Hall–Kier alpha value is -0.790. The minimum absolute atomic E-state index is 0.383. The average Bonchev–Trinajstić information content (AvgIpc) is 1.94. The van der Waals surface area contributed by atoms with Gasteiger partial charge in [0.15, 0.2) is 6.40 Å². The van der Waals surface area contributed by atoms with Crippen LogP contribution in [0.1, 0.15) is 13.3 Å². The van der Waals surface area contributed by atoms with Gasteiger partial charge >= 0.3 is 0 Å². The Labute approximate surface area is 48.9 Å². The number of nitrogens with zero attached hydrogens (tertiary/aromatic N) is 1. The summed E-state index contributed by atoms with van der Waals surface area (Å²) in [6, 6.07) is 0.383. The predicted molar refractivity (Wildman–Crippen MR) is 32.8 cm³/mol. The molecule has 44 valence electrons. The van der Waals surface area contributed by atoms with Crippen LogP contribution in [0, 0.1) is 0 Å². The Balaban J connectivity index is 2.48. The van der Waals surface area contributed by atoms with Crippen molar-refractivity contribution in [2.45, 2.75) is 19.4 Å². The molecule has 0 saturated heterocycles. The average molecular weight is 111 g/mol. The van der Waals surface area contributed by atoms with Gasteiger partial charge in [-0.3, -0.25) is 4.99 Å². The molecule has 1 aliphatic heterocycles. The van der Waals surface area contributed by atoms with Crippen LogP contribution < -0.4 is 0 Å². The quantitative estimate of drug-likeness (QED) is 0.462. The molecule has 0 N–H and O–H groups in total. The molecule has 0 aliphatic carbocycles. The van der Waals surface area contributed by atoms with Crippen molar-refractivity contribution in [2.24, 2.45) is 4.99 Å². The zero-order chi connectivity index (χ0) is 5.82. The Morgan fingerprint density at radius 2 is 2.62 bits per heavy atom. The van der Waals surface area contributed by atoms with E-state index in [0.717, 1.165) is 6.42 Å². The Bertz CT molecular complexity index is 118. The minimum atomic E-state index is 0.383. The second-order valence-corrected chi connectivity index (χ2v) is 1.85. The van der Waals surface area contributed by atoms with E-state index in [-0.39, 0.29) is 0 Å². The lowest BCUT2D eigenvalue weighted by molar-refractivity contribution is 0.494. The van der Waals surface area contributed by atoms with Crippen LogP contribution in [0.15, 0.2) is 17.3 Å². The van der Waals surface area contributed by atoms with E-state index in [1.807, 2.05) is 6.08 Å². The van der Waals surface area contributed by atoms with Crippen LogP contribution in [0.2, 0.25) is 0 Å². The van der Waals surface area contributed by atoms with E-state index < -0.39 is 0 Å². The van der Waals surface area contributed by atoms with Gasteiger partial charge in [-0.25, -0.2) is 0 Å². The smallest absolute Gasteiger partial charge is 0.175 e. The van der Waals surface area contributed by atoms with Gasteiger partial charge in [-0.2, -0.15) is 0 Å². The minimum Gasteiger partial charge on any atom is -0.454 e. The van der Waals surface area contributed by atoms with Crippen molar-refractivity contribution in [3.8, 4) is 0 Å². The van der Waals surface area contributed by atoms with Crippen molar-refractivity contribution in [3.63, 3.8) is 0 Å². The molecule has 0 fully saturated rings. The third-order valence-electron chi connectivity index (χ3n) is 1.03. The molecule has 0 amide bonds. The standard InChI is InChI=1S/C6H9NO/c1-6-3-2-4-8-5-7-6/h2,4-6H,3H2,1H3. The number of aliphatic imine (C=N–C) groups is 1. The topological polar surface area (TPSA) is 21.6 Å². The first kappa shape index (κ1) is 5.35. The van der Waals surface area contributed by atoms with Crippen molar-refractivity contribution < 1.29 is 4.74 Å². The first-order valence-corrected chi connectivity index (χ1v) is 2.71. The molecule has 1 atom stereocenters. The monoisotopic (exact) mass is 111 g/mol. The van der Waals surface area contributed by atoms with Gasteiger partial charge in [0.25, 0.3) is 0 Å². The van der Waals surface area contributed by atoms with E-state index in [1.54, 1.807) is 6.26 Å². The lowest BCUT2D eigenvalue weighted by atomic mass is 10.2. The molecule has 0 radical (unpaired) electrons. The summed E-state index contributed by atoms with van der Waals surface area (Å²) in [5.74, 6) is 0. The van der Waals surface area contributed by atoms with Gasteiger partial charge in [-0.05, 0) is 19.4 Å². The Morgan fingerprint density at radius 1 is 1.75 bits per heavy atom. The lowest BCUT2D eigenvalue weighted by Crippen LogP contribution is -1.92. The normalized spacial score (nSPS) is 26.9. The fourth-order valence-electron chi connectivity index (χ4n) is 0.543. The fraction of sp³-hybridized carbons (Fsp3) is 0.500. The molecule has 1 unspecified atom stereocenters. The van der Waals surface area contributed by atoms with E-state index in [0.29, 0.717) is 6.04 Å². The molecule has 0 aromatic carbocycles. The Kier molecular flexibility index (Phi) is 1.67. The van der Waals surface area contributed by atoms with Crippen molar-refractivity contribution in [1.29, 1.82) is 0 Å². The molecule has 2 nitrogen and oxygen atoms in total. The highest BCUT2D eigenvalue weighted by molar-refractivity contribution is 5.48. The van der Waals surface area contributed by atoms with Crippen LogP contribution in [-0.4, -0.2) is 12.4 Å². The maximum absolute atomic E-state index is 4.79. The van der Waals surface area contributed by atoms with Gasteiger partial charge in [0.05, 0.1) is 12.3 Å². The summed E-state index contributed by atoms with van der Waals surface area (Å²) in [4.78, 5) is 4.01. The van der Waals surface area contributed by atoms with Crippen LogP contribution in [0.3, 0.4) is 0 Å². The molecule has 0 aromatic heterocycles. The van der Waals surface area contributed by atoms with Crippen LogP contribution in [0.25, 0.3) is 0 Å². The molecular formula is C6H9NO. The maximum atomic E-state index is 4.79. The molecule has 0 bridgehead atoms. The van der Waals surface area contributed by atoms with Gasteiger partial charge in [0, 0.05) is 0 Å². The number of hydrogen-bond donors (Lipinski definition) is 0. The summed E-state index contributed by atoms with van der Waals surface area (Å²) >= 11 is 0. The second kappa shape index (κ2) is 2.50. The third kappa shape index (κ3) is 1.37. The molecule has 1 aliphatic rings. The van der Waals surface area contributed by atoms with Gasteiger partial charge in [0.1, 0.15) is 0 Å². The SMILES string of the molecule is CC1CC=COC=N1. The second-order valence-electron chi connectivity index (χ2n) is 1.85. The molecule has 0 spiro atoms. The van der Waals surface area contributed by atoms with Crippen LogP contribution in [0.4, 0.5) is 0 Å². The van der Waals surface area contributed by atoms with Crippen molar-refractivity contribution in [2.75, 3.05) is 0 Å². The molecular weight excluding hydrogens is 102 g/mol. The number of ether oxygens (including phenoxy) is 1. The summed E-state index contributed by atoms with van der Waals surface area (Å²) in [5, 5.41) is 0. The predicted octanol–water partition coefficient (Wildman–Crippen LogP) is 1.34. The van der Waals surface area contributed by atoms with Crippen molar-refractivity contribution in [3.05, 3.63) is 12.3 Å². The highest BCUT2D eigenvalue weighted by Gasteiger charge is 1.94. The summed E-state index contributed by atoms with van der Waals surface area (Å²) in [6.45, 7) is 2.05. The van der Waals surface area contributed by atoms with Gasteiger partial charge in [-0.1, -0.05) is 0 Å². The largest absolute Gasteiger partial charge is 0.454 e. The summed E-state index contributed by atoms with van der Waals surface area (Å²) in [7, 11) is 0. The van der Waals surface area contributed by atoms with E-state index >= 15 is 0 Å².